The molecule has 2 aromatic heterocycles. The molecule has 0 spiro atoms. The van der Waals surface area contributed by atoms with Gasteiger partial charge in [0.05, 0.1) is 24.3 Å². The van der Waals surface area contributed by atoms with Gasteiger partial charge in [-0.1, -0.05) is 12.8 Å². The van der Waals surface area contributed by atoms with E-state index in [0.717, 1.165) is 12.8 Å². The predicted molar refractivity (Wildman–Crippen MR) is 96.7 cm³/mol. The van der Waals surface area contributed by atoms with E-state index < -0.39 is 0 Å². The van der Waals surface area contributed by atoms with Crippen molar-refractivity contribution in [3.63, 3.8) is 0 Å². The normalized spacial score (nSPS) is 14.0. The fourth-order valence-electron chi connectivity index (χ4n) is 3.11. The zero-order chi connectivity index (χ0) is 18.5. The van der Waals surface area contributed by atoms with Crippen LogP contribution in [-0.4, -0.2) is 33.5 Å². The van der Waals surface area contributed by atoms with Crippen molar-refractivity contribution >= 4 is 17.4 Å². The maximum absolute atomic E-state index is 12.2. The van der Waals surface area contributed by atoms with Crippen LogP contribution < -0.4 is 15.8 Å². The van der Waals surface area contributed by atoms with Gasteiger partial charge in [-0.05, 0) is 25.0 Å². The van der Waals surface area contributed by atoms with E-state index in [2.05, 4.69) is 20.2 Å². The van der Waals surface area contributed by atoms with Crippen LogP contribution in [0.4, 0.5) is 11.5 Å². The van der Waals surface area contributed by atoms with Crippen LogP contribution in [0.2, 0.25) is 0 Å². The van der Waals surface area contributed by atoms with Gasteiger partial charge >= 0.3 is 0 Å². The lowest BCUT2D eigenvalue weighted by molar-refractivity contribution is -0.116. The fraction of sp³-hybridized carbons (Fsp3) is 0.389. The Morgan fingerprint density at radius 1 is 1.35 bits per heavy atom. The minimum Gasteiger partial charge on any atom is -0.355 e. The van der Waals surface area contributed by atoms with Gasteiger partial charge in [-0.15, -0.1) is 0 Å². The molecule has 0 unspecified atom stereocenters. The molecule has 0 saturated heterocycles. The van der Waals surface area contributed by atoms with Gasteiger partial charge < -0.3 is 14.8 Å². The van der Waals surface area contributed by atoms with Crippen molar-refractivity contribution < 1.29 is 4.79 Å². The van der Waals surface area contributed by atoms with Gasteiger partial charge in [0.2, 0.25) is 5.91 Å². The van der Waals surface area contributed by atoms with Gasteiger partial charge in [-0.3, -0.25) is 9.59 Å². The summed E-state index contributed by atoms with van der Waals surface area (Å²) in [5, 5.41) is 11.4. The number of aromatic nitrogens is 3. The highest BCUT2D eigenvalue weighted by atomic mass is 16.2. The van der Waals surface area contributed by atoms with Crippen molar-refractivity contribution in [2.75, 3.05) is 17.3 Å². The Hall–Kier alpha value is -3.21. The molecule has 134 valence electrons. The molecular formula is C18H20N6O2. The van der Waals surface area contributed by atoms with E-state index in [-0.39, 0.29) is 23.7 Å². The van der Waals surface area contributed by atoms with Crippen LogP contribution in [0, 0.1) is 11.3 Å². The lowest BCUT2D eigenvalue weighted by Gasteiger charge is -2.25. The highest BCUT2D eigenvalue weighted by Gasteiger charge is 2.21. The van der Waals surface area contributed by atoms with Crippen LogP contribution in [0.25, 0.3) is 0 Å². The summed E-state index contributed by atoms with van der Waals surface area (Å²) in [5.74, 6) is 0.337. The lowest BCUT2D eigenvalue weighted by atomic mass is 10.2. The van der Waals surface area contributed by atoms with Gasteiger partial charge in [0.25, 0.3) is 5.56 Å². The summed E-state index contributed by atoms with van der Waals surface area (Å²) >= 11 is 0. The maximum Gasteiger partial charge on any atom is 0.269 e. The molecule has 26 heavy (non-hydrogen) atoms. The van der Waals surface area contributed by atoms with Gasteiger partial charge in [0.1, 0.15) is 24.1 Å². The number of amides is 1. The molecule has 0 aromatic carbocycles. The third-order valence-electron chi connectivity index (χ3n) is 4.57. The van der Waals surface area contributed by atoms with E-state index in [1.807, 2.05) is 13.1 Å². The summed E-state index contributed by atoms with van der Waals surface area (Å²) in [5.41, 5.74) is 0.411. The Kier molecular flexibility index (Phi) is 5.27. The Bertz CT molecular complexity index is 878. The fourth-order valence-corrected chi connectivity index (χ4v) is 3.11. The second-order valence-electron chi connectivity index (χ2n) is 6.35. The van der Waals surface area contributed by atoms with Crippen molar-refractivity contribution in [3.05, 3.63) is 46.8 Å². The van der Waals surface area contributed by atoms with Crippen molar-refractivity contribution in [2.45, 2.75) is 38.3 Å². The molecule has 1 aliphatic carbocycles. The van der Waals surface area contributed by atoms with Crippen molar-refractivity contribution in [1.82, 2.24) is 14.5 Å². The third-order valence-corrected chi connectivity index (χ3v) is 4.57. The topological polar surface area (TPSA) is 104 Å². The van der Waals surface area contributed by atoms with Crippen LogP contribution in [0.3, 0.4) is 0 Å². The molecule has 8 nitrogen and oxygen atoms in total. The minimum absolute atomic E-state index is 0.118. The van der Waals surface area contributed by atoms with Gasteiger partial charge in [-0.25, -0.2) is 9.97 Å². The van der Waals surface area contributed by atoms with E-state index in [9.17, 15) is 9.59 Å². The molecule has 0 bridgehead atoms. The monoisotopic (exact) mass is 352 g/mol. The van der Waals surface area contributed by atoms with Crippen LogP contribution in [-0.2, 0) is 11.3 Å². The van der Waals surface area contributed by atoms with Crippen molar-refractivity contribution in [3.8, 4) is 6.07 Å². The van der Waals surface area contributed by atoms with E-state index in [1.165, 1.54) is 35.9 Å². The zero-order valence-corrected chi connectivity index (χ0v) is 14.6. The van der Waals surface area contributed by atoms with Crippen molar-refractivity contribution in [2.24, 2.45) is 0 Å². The second-order valence-corrected chi connectivity index (χ2v) is 6.35. The number of pyridine rings is 1. The van der Waals surface area contributed by atoms with Crippen LogP contribution in [0.1, 0.15) is 31.4 Å². The quantitative estimate of drug-likeness (QED) is 0.875. The molecule has 2 aromatic rings. The molecule has 1 amide bonds. The molecule has 0 radical (unpaired) electrons. The number of hydrogen-bond donors (Lipinski definition) is 1. The molecule has 1 N–H and O–H groups in total. The van der Waals surface area contributed by atoms with E-state index >= 15 is 0 Å². The molecule has 8 heteroatoms. The molecule has 3 rings (SSSR count). The predicted octanol–water partition coefficient (Wildman–Crippen LogP) is 1.53. The summed E-state index contributed by atoms with van der Waals surface area (Å²) in [6.07, 6.45) is 8.91. The Morgan fingerprint density at radius 2 is 2.12 bits per heavy atom. The molecule has 0 aliphatic heterocycles. The average molecular weight is 352 g/mol. The Morgan fingerprint density at radius 3 is 2.77 bits per heavy atom. The number of carbonyl (C=O) groups excluding carboxylic acids is 1. The summed E-state index contributed by atoms with van der Waals surface area (Å²) in [6.45, 7) is -0.118. The zero-order valence-electron chi connectivity index (χ0n) is 14.6. The highest BCUT2D eigenvalue weighted by molar-refractivity contribution is 5.90. The van der Waals surface area contributed by atoms with Gasteiger partial charge in [-0.2, -0.15) is 5.26 Å². The summed E-state index contributed by atoms with van der Waals surface area (Å²) in [4.78, 5) is 34.5. The van der Waals surface area contributed by atoms with E-state index in [4.69, 9.17) is 5.26 Å². The smallest absolute Gasteiger partial charge is 0.269 e. The third kappa shape index (κ3) is 4.06. The summed E-state index contributed by atoms with van der Waals surface area (Å²) in [6, 6.07) is 5.45. The number of anilines is 2. The van der Waals surface area contributed by atoms with Crippen molar-refractivity contribution in [1.29, 1.82) is 5.26 Å². The average Bonchev–Trinajstić information content (AvgIpc) is 3.18. The number of nitriles is 1. The minimum atomic E-state index is -0.348. The Balaban J connectivity index is 1.69. The first-order valence-electron chi connectivity index (χ1n) is 8.52. The molecule has 1 fully saturated rings. The second kappa shape index (κ2) is 7.78. The molecule has 2 heterocycles. The van der Waals surface area contributed by atoms with Crippen LogP contribution in [0.15, 0.2) is 35.5 Å². The van der Waals surface area contributed by atoms with Gasteiger partial charge in [0.15, 0.2) is 0 Å². The van der Waals surface area contributed by atoms with E-state index in [0.29, 0.717) is 17.5 Å². The van der Waals surface area contributed by atoms with E-state index in [1.54, 1.807) is 12.3 Å². The van der Waals surface area contributed by atoms with Crippen LogP contribution >= 0.6 is 0 Å². The molecular weight excluding hydrogens is 332 g/mol. The molecule has 1 aliphatic rings. The van der Waals surface area contributed by atoms with Gasteiger partial charge in [0, 0.05) is 13.1 Å². The lowest BCUT2D eigenvalue weighted by Crippen LogP contribution is -2.33. The molecule has 0 atom stereocenters. The first kappa shape index (κ1) is 17.6. The summed E-state index contributed by atoms with van der Waals surface area (Å²) < 4.78 is 1.35. The Labute approximate surface area is 151 Å². The maximum atomic E-state index is 12.2. The first-order chi connectivity index (χ1) is 12.6. The number of rotatable bonds is 5. The number of nitrogens with zero attached hydrogens (tertiary/aromatic N) is 5. The number of nitrogens with one attached hydrogen (secondary N) is 1. The van der Waals surface area contributed by atoms with Crippen LogP contribution in [0.5, 0.6) is 0 Å². The highest BCUT2D eigenvalue weighted by Crippen LogP contribution is 2.25. The summed E-state index contributed by atoms with van der Waals surface area (Å²) in [7, 11) is 1.97. The first-order valence-corrected chi connectivity index (χ1v) is 8.52. The number of hydrogen-bond acceptors (Lipinski definition) is 6. The SMILES string of the molecule is CN(c1cn(CC(=O)Nc2ccc(C#N)nc2)c(=O)cn1)C1CCCC1. The molecule has 1 saturated carbocycles. The largest absolute Gasteiger partial charge is 0.355 e. The standard InChI is InChI=1S/C18H20N6O2/c1-23(15-4-2-3-5-15)16-11-24(18(26)10-21-16)12-17(25)22-14-7-6-13(8-19)20-9-14/h6-7,9-11,15H,2-5,12H2,1H3,(H,22,25). The number of carbonyl (C=O) groups is 1.